The zero-order valence-electron chi connectivity index (χ0n) is 14.0. The molecule has 3 rings (SSSR count). The maximum atomic E-state index is 12.4. The van der Waals surface area contributed by atoms with Crippen LogP contribution in [-0.2, 0) is 14.8 Å². The fourth-order valence-corrected chi connectivity index (χ4v) is 5.52. The Morgan fingerprint density at radius 2 is 2.04 bits per heavy atom. The van der Waals surface area contributed by atoms with Gasteiger partial charge in [-0.1, -0.05) is 6.07 Å². The second-order valence-electron chi connectivity index (χ2n) is 6.51. The van der Waals surface area contributed by atoms with Gasteiger partial charge < -0.3 is 4.90 Å². The van der Waals surface area contributed by atoms with Crippen LogP contribution in [0.15, 0.2) is 21.7 Å². The molecule has 0 radical (unpaired) electrons. The van der Waals surface area contributed by atoms with Gasteiger partial charge in [-0.25, -0.2) is 13.1 Å². The molecule has 0 spiro atoms. The van der Waals surface area contributed by atoms with Crippen LogP contribution in [-0.4, -0.2) is 62.4 Å². The van der Waals surface area contributed by atoms with Crippen LogP contribution in [0.25, 0.3) is 0 Å². The molecule has 6 nitrogen and oxygen atoms in total. The number of likely N-dealkylation sites (tertiary alicyclic amines) is 1. The number of carbonyl (C=O) groups excluding carboxylic acids is 1. The maximum absolute atomic E-state index is 12.4. The van der Waals surface area contributed by atoms with Gasteiger partial charge in [0.05, 0.1) is 6.54 Å². The number of carbonyl (C=O) groups is 1. The largest absolute Gasteiger partial charge is 0.339 e. The van der Waals surface area contributed by atoms with Crippen molar-refractivity contribution >= 4 is 27.3 Å². The summed E-state index contributed by atoms with van der Waals surface area (Å²) in [6, 6.07) is 3.77. The molecule has 0 atom stereocenters. The summed E-state index contributed by atoms with van der Waals surface area (Å²) in [7, 11) is -3.40. The first-order valence-electron chi connectivity index (χ1n) is 8.57. The van der Waals surface area contributed by atoms with E-state index in [0.717, 1.165) is 45.3 Å². The number of piperidine rings is 1. The van der Waals surface area contributed by atoms with Gasteiger partial charge in [-0.05, 0) is 44.1 Å². The van der Waals surface area contributed by atoms with E-state index in [2.05, 4.69) is 9.62 Å². The highest BCUT2D eigenvalue weighted by Gasteiger charge is 2.32. The smallest absolute Gasteiger partial charge is 0.250 e. The Morgan fingerprint density at radius 1 is 1.33 bits per heavy atom. The molecular weight excluding hydrogens is 346 g/mol. The summed E-state index contributed by atoms with van der Waals surface area (Å²) in [5, 5.41) is 1.77. The van der Waals surface area contributed by atoms with E-state index >= 15 is 0 Å². The molecule has 0 aromatic carbocycles. The van der Waals surface area contributed by atoms with Gasteiger partial charge in [0.25, 0.3) is 0 Å². The Hall–Kier alpha value is -0.960. The number of thiophene rings is 1. The summed E-state index contributed by atoms with van der Waals surface area (Å²) in [6.45, 7) is 4.77. The van der Waals surface area contributed by atoms with E-state index in [-0.39, 0.29) is 11.9 Å². The van der Waals surface area contributed by atoms with Crippen molar-refractivity contribution in [3.63, 3.8) is 0 Å². The highest BCUT2D eigenvalue weighted by atomic mass is 32.2. The lowest BCUT2D eigenvalue weighted by atomic mass is 10.1. The second kappa shape index (κ2) is 7.51. The Labute approximate surface area is 147 Å². The molecule has 24 heavy (non-hydrogen) atoms. The molecule has 1 aliphatic carbocycles. The third kappa shape index (κ3) is 4.36. The van der Waals surface area contributed by atoms with Crippen molar-refractivity contribution in [2.24, 2.45) is 0 Å². The highest BCUT2D eigenvalue weighted by molar-refractivity contribution is 7.91. The molecule has 2 heterocycles. The average Bonchev–Trinajstić information content (AvgIpc) is 3.21. The van der Waals surface area contributed by atoms with Gasteiger partial charge in [-0.2, -0.15) is 0 Å². The number of amides is 1. The Balaban J connectivity index is 1.46. The minimum absolute atomic E-state index is 0.0471. The number of rotatable bonds is 7. The Kier molecular flexibility index (Phi) is 5.59. The van der Waals surface area contributed by atoms with Crippen LogP contribution >= 0.6 is 11.3 Å². The quantitative estimate of drug-likeness (QED) is 0.789. The number of likely N-dealkylation sites (N-methyl/N-ethyl adjacent to an activating group) is 1. The average molecular weight is 372 g/mol. The molecule has 134 valence electrons. The van der Waals surface area contributed by atoms with Crippen LogP contribution in [0, 0.1) is 0 Å². The lowest BCUT2D eigenvalue weighted by Crippen LogP contribution is -2.48. The first-order valence-corrected chi connectivity index (χ1v) is 10.9. The fourth-order valence-electron chi connectivity index (χ4n) is 3.21. The molecule has 1 N–H and O–H groups in total. The minimum Gasteiger partial charge on any atom is -0.339 e. The predicted octanol–water partition coefficient (Wildman–Crippen LogP) is 1.50. The van der Waals surface area contributed by atoms with Crippen LogP contribution in [0.5, 0.6) is 0 Å². The van der Waals surface area contributed by atoms with E-state index < -0.39 is 10.0 Å². The standard InChI is InChI=1S/C16H25N3O3S2/c1-2-19(14-5-6-14)15(20)12-18-9-7-13(8-10-18)17-24(21,22)16-4-3-11-23-16/h3-4,11,13-14,17H,2,5-10,12H2,1H3. The monoisotopic (exact) mass is 371 g/mol. The zero-order chi connectivity index (χ0) is 17.2. The summed E-state index contributed by atoms with van der Waals surface area (Å²) in [5.41, 5.74) is 0. The Morgan fingerprint density at radius 3 is 2.58 bits per heavy atom. The predicted molar refractivity (Wildman–Crippen MR) is 94.5 cm³/mol. The van der Waals surface area contributed by atoms with Crippen molar-refractivity contribution in [3.05, 3.63) is 17.5 Å². The van der Waals surface area contributed by atoms with Crippen molar-refractivity contribution < 1.29 is 13.2 Å². The molecule has 2 fully saturated rings. The highest BCUT2D eigenvalue weighted by Crippen LogP contribution is 2.27. The van der Waals surface area contributed by atoms with E-state index in [1.807, 2.05) is 11.8 Å². The van der Waals surface area contributed by atoms with Gasteiger partial charge in [0.15, 0.2) is 0 Å². The lowest BCUT2D eigenvalue weighted by Gasteiger charge is -2.33. The molecule has 1 aromatic heterocycles. The summed E-state index contributed by atoms with van der Waals surface area (Å²) < 4.78 is 27.7. The molecule has 8 heteroatoms. The Bertz CT molecular complexity index is 648. The fraction of sp³-hybridized carbons (Fsp3) is 0.688. The van der Waals surface area contributed by atoms with E-state index in [1.165, 1.54) is 11.3 Å². The molecule has 1 aromatic rings. The number of hydrogen-bond acceptors (Lipinski definition) is 5. The van der Waals surface area contributed by atoms with Crippen LogP contribution < -0.4 is 4.72 Å². The number of nitrogens with zero attached hydrogens (tertiary/aromatic N) is 2. The first kappa shape index (κ1) is 17.8. The first-order chi connectivity index (χ1) is 11.5. The van der Waals surface area contributed by atoms with Crippen molar-refractivity contribution in [1.82, 2.24) is 14.5 Å². The third-order valence-corrected chi connectivity index (χ3v) is 7.59. The molecular formula is C16H25N3O3S2. The second-order valence-corrected chi connectivity index (χ2v) is 9.40. The summed E-state index contributed by atoms with van der Waals surface area (Å²) in [5.74, 6) is 0.206. The van der Waals surface area contributed by atoms with E-state index in [9.17, 15) is 13.2 Å². The van der Waals surface area contributed by atoms with Gasteiger partial charge in [-0.3, -0.25) is 9.69 Å². The van der Waals surface area contributed by atoms with Crippen molar-refractivity contribution in [2.75, 3.05) is 26.2 Å². The van der Waals surface area contributed by atoms with E-state index in [1.54, 1.807) is 17.5 Å². The van der Waals surface area contributed by atoms with E-state index in [4.69, 9.17) is 0 Å². The van der Waals surface area contributed by atoms with Crippen LogP contribution in [0.3, 0.4) is 0 Å². The van der Waals surface area contributed by atoms with Crippen LogP contribution in [0.4, 0.5) is 0 Å². The summed E-state index contributed by atoms with van der Waals surface area (Å²) in [4.78, 5) is 16.5. The molecule has 1 saturated heterocycles. The number of sulfonamides is 1. The van der Waals surface area contributed by atoms with Gasteiger partial charge in [0.1, 0.15) is 4.21 Å². The maximum Gasteiger partial charge on any atom is 0.250 e. The molecule has 1 amide bonds. The molecule has 0 bridgehead atoms. The van der Waals surface area contributed by atoms with Crippen LogP contribution in [0.2, 0.25) is 0 Å². The zero-order valence-corrected chi connectivity index (χ0v) is 15.6. The van der Waals surface area contributed by atoms with Crippen molar-refractivity contribution in [1.29, 1.82) is 0 Å². The van der Waals surface area contributed by atoms with Crippen molar-refractivity contribution in [3.8, 4) is 0 Å². The number of hydrogen-bond donors (Lipinski definition) is 1. The van der Waals surface area contributed by atoms with Crippen LogP contribution in [0.1, 0.15) is 32.6 Å². The lowest BCUT2D eigenvalue weighted by molar-refractivity contribution is -0.133. The van der Waals surface area contributed by atoms with Crippen molar-refractivity contribution in [2.45, 2.75) is 48.9 Å². The summed E-state index contributed by atoms with van der Waals surface area (Å²) in [6.07, 6.45) is 3.75. The molecule has 1 aliphatic heterocycles. The van der Waals surface area contributed by atoms with Gasteiger partial charge in [0.2, 0.25) is 15.9 Å². The topological polar surface area (TPSA) is 69.7 Å². The SMILES string of the molecule is CCN(C(=O)CN1CCC(NS(=O)(=O)c2cccs2)CC1)C1CC1. The third-order valence-electron chi connectivity index (χ3n) is 4.68. The van der Waals surface area contributed by atoms with E-state index in [0.29, 0.717) is 16.8 Å². The molecule has 1 saturated carbocycles. The normalized spacial score (nSPS) is 20.2. The minimum atomic E-state index is -3.40. The summed E-state index contributed by atoms with van der Waals surface area (Å²) >= 11 is 1.23. The van der Waals surface area contributed by atoms with Gasteiger partial charge >= 0.3 is 0 Å². The molecule has 0 unspecified atom stereocenters. The van der Waals surface area contributed by atoms with Gasteiger partial charge in [0, 0.05) is 31.7 Å². The van der Waals surface area contributed by atoms with Gasteiger partial charge in [-0.15, -0.1) is 11.3 Å². The number of nitrogens with one attached hydrogen (secondary N) is 1. The molecule has 2 aliphatic rings.